The van der Waals surface area contributed by atoms with E-state index in [1.807, 2.05) is 0 Å². The van der Waals surface area contributed by atoms with Crippen LogP contribution >= 0.6 is 11.6 Å². The molecule has 0 unspecified atom stereocenters. The SMILES string of the molecule is O=S(=O)(NC1CCC(c2ccc(O)cc2O)CC1)c1cccc(Cl)c1. The van der Waals surface area contributed by atoms with Crippen LogP contribution in [0.15, 0.2) is 47.4 Å². The first-order valence-corrected chi connectivity index (χ1v) is 10.0. The van der Waals surface area contributed by atoms with E-state index < -0.39 is 10.0 Å². The lowest BCUT2D eigenvalue weighted by Crippen LogP contribution is -2.37. The minimum Gasteiger partial charge on any atom is -0.508 e. The average Bonchev–Trinajstić information content (AvgIpc) is 2.56. The number of rotatable bonds is 4. The van der Waals surface area contributed by atoms with Gasteiger partial charge in [-0.25, -0.2) is 13.1 Å². The monoisotopic (exact) mass is 381 g/mol. The number of sulfonamides is 1. The van der Waals surface area contributed by atoms with Crippen molar-refractivity contribution in [3.8, 4) is 11.5 Å². The van der Waals surface area contributed by atoms with Gasteiger partial charge in [0.05, 0.1) is 4.90 Å². The highest BCUT2D eigenvalue weighted by molar-refractivity contribution is 7.89. The Bertz CT molecular complexity index is 861. The smallest absolute Gasteiger partial charge is 0.240 e. The Morgan fingerprint density at radius 2 is 1.72 bits per heavy atom. The van der Waals surface area contributed by atoms with Gasteiger partial charge in [0, 0.05) is 17.1 Å². The van der Waals surface area contributed by atoms with Crippen molar-refractivity contribution in [1.29, 1.82) is 0 Å². The minimum absolute atomic E-state index is 0.0317. The van der Waals surface area contributed by atoms with E-state index in [4.69, 9.17) is 11.6 Å². The second kappa shape index (κ2) is 7.23. The summed E-state index contributed by atoms with van der Waals surface area (Å²) in [5.41, 5.74) is 0.800. The quantitative estimate of drug-likeness (QED) is 0.752. The van der Waals surface area contributed by atoms with E-state index in [9.17, 15) is 18.6 Å². The Balaban J connectivity index is 1.64. The molecule has 2 aromatic carbocycles. The molecule has 0 bridgehead atoms. The van der Waals surface area contributed by atoms with Gasteiger partial charge >= 0.3 is 0 Å². The fraction of sp³-hybridized carbons (Fsp3) is 0.333. The van der Waals surface area contributed by atoms with Crippen LogP contribution in [-0.4, -0.2) is 24.7 Å². The fourth-order valence-electron chi connectivity index (χ4n) is 3.32. The maximum absolute atomic E-state index is 12.5. The van der Waals surface area contributed by atoms with Gasteiger partial charge in [-0.1, -0.05) is 23.7 Å². The van der Waals surface area contributed by atoms with E-state index in [2.05, 4.69) is 4.72 Å². The van der Waals surface area contributed by atoms with Crippen molar-refractivity contribution in [3.05, 3.63) is 53.1 Å². The number of nitrogens with one attached hydrogen (secondary N) is 1. The van der Waals surface area contributed by atoms with Crippen molar-refractivity contribution < 1.29 is 18.6 Å². The van der Waals surface area contributed by atoms with Crippen LogP contribution in [-0.2, 0) is 10.0 Å². The summed E-state index contributed by atoms with van der Waals surface area (Å²) in [5.74, 6) is 0.277. The molecule has 7 heteroatoms. The number of phenolic OH excluding ortho intramolecular Hbond substituents is 2. The molecule has 0 spiro atoms. The zero-order chi connectivity index (χ0) is 18.0. The molecule has 0 aromatic heterocycles. The molecule has 5 nitrogen and oxygen atoms in total. The van der Waals surface area contributed by atoms with Crippen molar-refractivity contribution in [3.63, 3.8) is 0 Å². The topological polar surface area (TPSA) is 86.6 Å². The van der Waals surface area contributed by atoms with Gasteiger partial charge in [-0.05, 0) is 61.4 Å². The first-order chi connectivity index (χ1) is 11.8. The standard InChI is InChI=1S/C18H20ClNO4S/c19-13-2-1-3-16(10-13)25(23,24)20-14-6-4-12(5-7-14)17-9-8-15(21)11-18(17)22/h1-3,8-12,14,20-22H,4-7H2. The van der Waals surface area contributed by atoms with E-state index in [-0.39, 0.29) is 28.4 Å². The van der Waals surface area contributed by atoms with Gasteiger partial charge in [-0.2, -0.15) is 0 Å². The third kappa shape index (κ3) is 4.26. The molecule has 0 saturated heterocycles. The number of aromatic hydroxyl groups is 2. The first kappa shape index (κ1) is 18.0. The van der Waals surface area contributed by atoms with Crippen molar-refractivity contribution in [2.24, 2.45) is 0 Å². The molecule has 25 heavy (non-hydrogen) atoms. The van der Waals surface area contributed by atoms with Gasteiger partial charge in [-0.15, -0.1) is 0 Å². The van der Waals surface area contributed by atoms with Crippen LogP contribution < -0.4 is 4.72 Å². The molecular weight excluding hydrogens is 362 g/mol. The molecule has 0 amide bonds. The lowest BCUT2D eigenvalue weighted by atomic mass is 9.81. The van der Waals surface area contributed by atoms with E-state index in [1.165, 1.54) is 18.2 Å². The van der Waals surface area contributed by atoms with Gasteiger partial charge in [0.2, 0.25) is 10.0 Å². The van der Waals surface area contributed by atoms with E-state index in [1.54, 1.807) is 24.3 Å². The van der Waals surface area contributed by atoms with Crippen LogP contribution in [0.5, 0.6) is 11.5 Å². The molecule has 0 radical (unpaired) electrons. The molecule has 1 fully saturated rings. The van der Waals surface area contributed by atoms with Gasteiger partial charge in [0.15, 0.2) is 0 Å². The molecule has 1 aliphatic carbocycles. The molecule has 0 atom stereocenters. The van der Waals surface area contributed by atoms with Crippen molar-refractivity contribution >= 4 is 21.6 Å². The average molecular weight is 382 g/mol. The number of hydrogen-bond donors (Lipinski definition) is 3. The molecule has 1 saturated carbocycles. The molecule has 134 valence electrons. The predicted octanol–water partition coefficient (Wildman–Crippen LogP) is 3.76. The first-order valence-electron chi connectivity index (χ1n) is 8.15. The van der Waals surface area contributed by atoms with Crippen LogP contribution in [0.2, 0.25) is 5.02 Å². The minimum atomic E-state index is -3.60. The summed E-state index contributed by atoms with van der Waals surface area (Å²) in [6.45, 7) is 0. The largest absolute Gasteiger partial charge is 0.508 e. The van der Waals surface area contributed by atoms with Gasteiger partial charge < -0.3 is 10.2 Å². The normalized spacial score (nSPS) is 21.2. The summed E-state index contributed by atoms with van der Waals surface area (Å²) < 4.78 is 27.7. The predicted molar refractivity (Wildman–Crippen MR) is 96.5 cm³/mol. The Morgan fingerprint density at radius 3 is 2.36 bits per heavy atom. The molecule has 0 heterocycles. The highest BCUT2D eigenvalue weighted by Gasteiger charge is 2.27. The van der Waals surface area contributed by atoms with Crippen LogP contribution in [0.3, 0.4) is 0 Å². The van der Waals surface area contributed by atoms with E-state index in [0.29, 0.717) is 17.9 Å². The Morgan fingerprint density at radius 1 is 1.00 bits per heavy atom. The van der Waals surface area contributed by atoms with E-state index >= 15 is 0 Å². The summed E-state index contributed by atoms with van der Waals surface area (Å²) in [6.07, 6.45) is 2.90. The summed E-state index contributed by atoms with van der Waals surface area (Å²) in [4.78, 5) is 0.165. The van der Waals surface area contributed by atoms with Gasteiger partial charge in [0.25, 0.3) is 0 Å². The number of benzene rings is 2. The summed E-state index contributed by atoms with van der Waals surface area (Å²) in [5, 5.41) is 19.8. The maximum atomic E-state index is 12.5. The zero-order valence-electron chi connectivity index (χ0n) is 13.5. The summed E-state index contributed by atoms with van der Waals surface area (Å²) in [6, 6.07) is 10.7. The third-order valence-electron chi connectivity index (χ3n) is 4.61. The van der Waals surface area contributed by atoms with E-state index in [0.717, 1.165) is 18.4 Å². The van der Waals surface area contributed by atoms with Crippen LogP contribution in [0.1, 0.15) is 37.2 Å². The number of halogens is 1. The van der Waals surface area contributed by atoms with Crippen LogP contribution in [0, 0.1) is 0 Å². The third-order valence-corrected chi connectivity index (χ3v) is 6.36. The molecule has 3 N–H and O–H groups in total. The number of hydrogen-bond acceptors (Lipinski definition) is 4. The molecule has 0 aliphatic heterocycles. The van der Waals surface area contributed by atoms with Gasteiger partial charge in [-0.3, -0.25) is 0 Å². The number of phenols is 2. The van der Waals surface area contributed by atoms with Crippen molar-refractivity contribution in [2.75, 3.05) is 0 Å². The molecule has 3 rings (SSSR count). The van der Waals surface area contributed by atoms with Crippen molar-refractivity contribution in [1.82, 2.24) is 4.72 Å². The van der Waals surface area contributed by atoms with Crippen LogP contribution in [0.25, 0.3) is 0 Å². The highest BCUT2D eigenvalue weighted by atomic mass is 35.5. The lowest BCUT2D eigenvalue weighted by Gasteiger charge is -2.29. The second-order valence-electron chi connectivity index (χ2n) is 6.37. The zero-order valence-corrected chi connectivity index (χ0v) is 15.1. The molecular formula is C18H20ClNO4S. The molecule has 2 aromatic rings. The highest BCUT2D eigenvalue weighted by Crippen LogP contribution is 2.38. The Labute approximate surface area is 152 Å². The van der Waals surface area contributed by atoms with Gasteiger partial charge in [0.1, 0.15) is 11.5 Å². The molecule has 1 aliphatic rings. The summed E-state index contributed by atoms with van der Waals surface area (Å²) >= 11 is 5.87. The lowest BCUT2D eigenvalue weighted by molar-refractivity contribution is 0.362. The fourth-order valence-corrected chi connectivity index (χ4v) is 4.93. The summed E-state index contributed by atoms with van der Waals surface area (Å²) in [7, 11) is -3.60. The Kier molecular flexibility index (Phi) is 5.22. The Hall–Kier alpha value is -1.76. The van der Waals surface area contributed by atoms with Crippen LogP contribution in [0.4, 0.5) is 0 Å². The maximum Gasteiger partial charge on any atom is 0.240 e. The van der Waals surface area contributed by atoms with Crippen molar-refractivity contribution in [2.45, 2.75) is 42.5 Å². The second-order valence-corrected chi connectivity index (χ2v) is 8.52.